The molecule has 2 aromatic rings. The van der Waals surface area contributed by atoms with E-state index in [0.29, 0.717) is 5.58 Å². The predicted octanol–water partition coefficient (Wildman–Crippen LogP) is 2.02. The predicted molar refractivity (Wildman–Crippen MR) is 86.4 cm³/mol. The van der Waals surface area contributed by atoms with Crippen LogP contribution in [0.1, 0.15) is 43.7 Å². The molecule has 0 atom stereocenters. The van der Waals surface area contributed by atoms with Gasteiger partial charge in [0.2, 0.25) is 0 Å². The molecule has 4 nitrogen and oxygen atoms in total. The van der Waals surface area contributed by atoms with Crippen LogP contribution in [-0.4, -0.2) is 18.2 Å². The van der Waals surface area contributed by atoms with E-state index in [1.807, 2.05) is 6.07 Å². The van der Waals surface area contributed by atoms with Gasteiger partial charge in [0.1, 0.15) is 12.3 Å². The molecule has 2 heterocycles. The maximum Gasteiger partial charge on any atom is 0.336 e. The van der Waals surface area contributed by atoms with E-state index in [4.69, 9.17) is 4.42 Å². The van der Waals surface area contributed by atoms with E-state index in [0.717, 1.165) is 49.0 Å². The molecule has 1 aromatic heterocycles. The molecule has 1 aliphatic heterocycles. The van der Waals surface area contributed by atoms with Crippen molar-refractivity contribution >= 4 is 11.0 Å². The van der Waals surface area contributed by atoms with Crippen LogP contribution in [0, 0.1) is 0 Å². The summed E-state index contributed by atoms with van der Waals surface area (Å²) in [4.78, 5) is 13.3. The van der Waals surface area contributed by atoms with Crippen molar-refractivity contribution in [3.05, 3.63) is 39.7 Å². The number of piperidine rings is 1. The van der Waals surface area contributed by atoms with Gasteiger partial charge in [0.25, 0.3) is 0 Å². The number of fused-ring (bicyclic) bond motifs is 1. The van der Waals surface area contributed by atoms with Crippen molar-refractivity contribution < 1.29 is 14.4 Å². The van der Waals surface area contributed by atoms with Crippen molar-refractivity contribution in [2.75, 3.05) is 13.1 Å². The summed E-state index contributed by atoms with van der Waals surface area (Å²) >= 11 is 0. The van der Waals surface area contributed by atoms with Crippen molar-refractivity contribution in [3.63, 3.8) is 0 Å². The zero-order chi connectivity index (χ0) is 15.5. The average molecular weight is 302 g/mol. The van der Waals surface area contributed by atoms with Crippen LogP contribution in [-0.2, 0) is 13.0 Å². The summed E-state index contributed by atoms with van der Waals surface area (Å²) in [5, 5.41) is 11.2. The standard InChI is InChI=1S/C18H23NO3/c1-2-6-13-11-17(21)22-18-14(13)7-8-16(20)15(18)12-19-9-4-3-5-10-19/h7-8,11,20H,2-6,9-10,12H2,1H3/p+1. The van der Waals surface area contributed by atoms with Gasteiger partial charge in [-0.25, -0.2) is 4.79 Å². The SMILES string of the molecule is CCCc1cc(=O)oc2c(C[NH+]3CCCCC3)c(O)ccc12. The zero-order valence-electron chi connectivity index (χ0n) is 13.2. The number of nitrogens with one attached hydrogen (secondary N) is 1. The minimum Gasteiger partial charge on any atom is -0.507 e. The number of quaternary nitrogens is 1. The van der Waals surface area contributed by atoms with E-state index in [-0.39, 0.29) is 11.4 Å². The molecule has 0 spiro atoms. The number of hydrogen-bond acceptors (Lipinski definition) is 3. The summed E-state index contributed by atoms with van der Waals surface area (Å²) in [5.74, 6) is 0.238. The molecule has 2 N–H and O–H groups in total. The number of phenolic OH excluding ortho intramolecular Hbond substituents is 1. The normalized spacial score (nSPS) is 16.2. The van der Waals surface area contributed by atoms with E-state index in [9.17, 15) is 9.90 Å². The van der Waals surface area contributed by atoms with Crippen molar-refractivity contribution in [1.82, 2.24) is 0 Å². The Balaban J connectivity index is 2.07. The molecular weight excluding hydrogens is 278 g/mol. The summed E-state index contributed by atoms with van der Waals surface area (Å²) in [6.07, 6.45) is 5.58. The van der Waals surface area contributed by atoms with E-state index in [2.05, 4.69) is 6.92 Å². The Morgan fingerprint density at radius 2 is 2.00 bits per heavy atom. The molecule has 22 heavy (non-hydrogen) atoms. The minimum absolute atomic E-state index is 0.238. The summed E-state index contributed by atoms with van der Waals surface area (Å²) in [6.45, 7) is 5.06. The van der Waals surface area contributed by atoms with Crippen LogP contribution in [0.15, 0.2) is 27.4 Å². The summed E-state index contributed by atoms with van der Waals surface area (Å²) < 4.78 is 5.47. The fraction of sp³-hybridized carbons (Fsp3) is 0.500. The molecule has 1 aromatic carbocycles. The number of aryl methyl sites for hydroxylation is 1. The van der Waals surface area contributed by atoms with E-state index in [1.54, 1.807) is 12.1 Å². The lowest BCUT2D eigenvalue weighted by atomic mass is 10.0. The Hall–Kier alpha value is -1.81. The van der Waals surface area contributed by atoms with Gasteiger partial charge in [-0.05, 0) is 43.4 Å². The quantitative estimate of drug-likeness (QED) is 0.850. The van der Waals surface area contributed by atoms with Gasteiger partial charge in [-0.1, -0.05) is 13.3 Å². The molecule has 1 fully saturated rings. The van der Waals surface area contributed by atoms with Gasteiger partial charge in [-0.3, -0.25) is 0 Å². The number of benzene rings is 1. The van der Waals surface area contributed by atoms with Crippen LogP contribution in [0.4, 0.5) is 0 Å². The van der Waals surface area contributed by atoms with E-state index in [1.165, 1.54) is 24.2 Å². The molecule has 1 aliphatic rings. The third kappa shape index (κ3) is 3.02. The van der Waals surface area contributed by atoms with Crippen molar-refractivity contribution in [1.29, 1.82) is 0 Å². The Morgan fingerprint density at radius 3 is 2.73 bits per heavy atom. The maximum absolute atomic E-state index is 11.9. The Bertz CT molecular complexity index is 714. The van der Waals surface area contributed by atoms with E-state index >= 15 is 0 Å². The fourth-order valence-electron chi connectivity index (χ4n) is 3.46. The van der Waals surface area contributed by atoms with Crippen LogP contribution < -0.4 is 10.5 Å². The first kappa shape index (κ1) is 15.1. The second-order valence-electron chi connectivity index (χ2n) is 6.27. The fourth-order valence-corrected chi connectivity index (χ4v) is 3.46. The summed E-state index contributed by atoms with van der Waals surface area (Å²) in [7, 11) is 0. The van der Waals surface area contributed by atoms with Gasteiger partial charge in [-0.2, -0.15) is 0 Å². The number of likely N-dealkylation sites (tertiary alicyclic amines) is 1. The topological polar surface area (TPSA) is 54.9 Å². The smallest absolute Gasteiger partial charge is 0.336 e. The molecule has 0 aliphatic carbocycles. The molecule has 0 radical (unpaired) electrons. The van der Waals surface area contributed by atoms with Crippen LogP contribution in [0.2, 0.25) is 0 Å². The molecule has 0 amide bonds. The lowest BCUT2D eigenvalue weighted by molar-refractivity contribution is -0.918. The molecule has 118 valence electrons. The maximum atomic E-state index is 11.9. The van der Waals surface area contributed by atoms with Gasteiger partial charge in [-0.15, -0.1) is 0 Å². The second-order valence-corrected chi connectivity index (χ2v) is 6.27. The van der Waals surface area contributed by atoms with Gasteiger partial charge in [0.15, 0.2) is 5.58 Å². The molecule has 4 heteroatoms. The van der Waals surface area contributed by atoms with Crippen LogP contribution >= 0.6 is 0 Å². The summed E-state index contributed by atoms with van der Waals surface area (Å²) in [6, 6.07) is 5.19. The molecule has 3 rings (SSSR count). The Morgan fingerprint density at radius 1 is 1.23 bits per heavy atom. The Labute approximate surface area is 130 Å². The van der Waals surface area contributed by atoms with Gasteiger partial charge in [0, 0.05) is 11.5 Å². The largest absolute Gasteiger partial charge is 0.507 e. The highest BCUT2D eigenvalue weighted by Crippen LogP contribution is 2.28. The minimum atomic E-state index is -0.323. The first-order chi connectivity index (χ1) is 10.7. The number of hydrogen-bond donors (Lipinski definition) is 2. The Kier molecular flexibility index (Phi) is 4.48. The first-order valence-corrected chi connectivity index (χ1v) is 8.30. The summed E-state index contributed by atoms with van der Waals surface area (Å²) in [5.41, 5.74) is 2.05. The van der Waals surface area contributed by atoms with E-state index < -0.39 is 0 Å². The zero-order valence-corrected chi connectivity index (χ0v) is 13.2. The average Bonchev–Trinajstić information content (AvgIpc) is 2.51. The molecule has 0 bridgehead atoms. The monoisotopic (exact) mass is 302 g/mol. The first-order valence-electron chi connectivity index (χ1n) is 8.30. The van der Waals surface area contributed by atoms with Crippen LogP contribution in [0.3, 0.4) is 0 Å². The van der Waals surface area contributed by atoms with Gasteiger partial charge >= 0.3 is 5.63 Å². The lowest BCUT2D eigenvalue weighted by Crippen LogP contribution is -3.11. The van der Waals surface area contributed by atoms with Crippen molar-refractivity contribution in [3.8, 4) is 5.75 Å². The van der Waals surface area contributed by atoms with Gasteiger partial charge < -0.3 is 14.4 Å². The molecule has 1 saturated heterocycles. The van der Waals surface area contributed by atoms with Gasteiger partial charge in [0.05, 0.1) is 18.7 Å². The third-order valence-electron chi connectivity index (χ3n) is 4.58. The van der Waals surface area contributed by atoms with Crippen molar-refractivity contribution in [2.45, 2.75) is 45.6 Å². The third-order valence-corrected chi connectivity index (χ3v) is 4.58. The van der Waals surface area contributed by atoms with Crippen molar-refractivity contribution in [2.24, 2.45) is 0 Å². The number of aromatic hydroxyl groups is 1. The van der Waals surface area contributed by atoms with Crippen LogP contribution in [0.25, 0.3) is 11.0 Å². The number of rotatable bonds is 4. The molecule has 0 unspecified atom stereocenters. The molecule has 0 saturated carbocycles. The number of phenols is 1. The molecular formula is C18H24NO3+. The lowest BCUT2D eigenvalue weighted by Gasteiger charge is -2.24. The second kappa shape index (κ2) is 6.53. The highest BCUT2D eigenvalue weighted by molar-refractivity contribution is 5.85. The highest BCUT2D eigenvalue weighted by atomic mass is 16.4. The highest BCUT2D eigenvalue weighted by Gasteiger charge is 2.20. The van der Waals surface area contributed by atoms with Crippen LogP contribution in [0.5, 0.6) is 5.75 Å².